The normalized spacial score (nSPS) is 28.0. The monoisotopic (exact) mass is 241 g/mol. The van der Waals surface area contributed by atoms with Crippen LogP contribution in [0.5, 0.6) is 0 Å². The van der Waals surface area contributed by atoms with E-state index in [0.29, 0.717) is 12.3 Å². The molecular weight excluding hydrogens is 214 g/mol. The molecule has 3 nitrogen and oxygen atoms in total. The molecule has 1 fully saturated rings. The van der Waals surface area contributed by atoms with Gasteiger partial charge in [0, 0.05) is 18.4 Å². The Hall–Kier alpha value is -0.410. The molecule has 0 amide bonds. The van der Waals surface area contributed by atoms with Gasteiger partial charge in [0.2, 0.25) is 0 Å². The highest BCUT2D eigenvalue weighted by Crippen LogP contribution is 2.43. The Kier molecular flexibility index (Phi) is 4.37. The zero-order valence-corrected chi connectivity index (χ0v) is 11.9. The molecule has 2 atom stereocenters. The average Bonchev–Trinajstić information content (AvgIpc) is 2.42. The van der Waals surface area contributed by atoms with Crippen molar-refractivity contribution in [3.05, 3.63) is 0 Å². The Morgan fingerprint density at radius 2 is 2.00 bits per heavy atom. The highest BCUT2D eigenvalue weighted by Gasteiger charge is 2.49. The van der Waals surface area contributed by atoms with Gasteiger partial charge in [0.1, 0.15) is 5.78 Å². The van der Waals surface area contributed by atoms with Crippen molar-refractivity contribution in [2.75, 3.05) is 6.54 Å². The minimum Gasteiger partial charge on any atom is -0.369 e. The second-order valence-electron chi connectivity index (χ2n) is 6.35. The molecular formula is C14H27NO2. The Balaban J connectivity index is 2.81. The molecule has 0 aromatic rings. The Morgan fingerprint density at radius 3 is 2.35 bits per heavy atom. The van der Waals surface area contributed by atoms with Crippen LogP contribution in [0.3, 0.4) is 0 Å². The van der Waals surface area contributed by atoms with E-state index in [1.54, 1.807) is 0 Å². The lowest BCUT2D eigenvalue weighted by atomic mass is 9.78. The van der Waals surface area contributed by atoms with Gasteiger partial charge in [-0.3, -0.25) is 4.79 Å². The first-order valence-corrected chi connectivity index (χ1v) is 6.67. The van der Waals surface area contributed by atoms with E-state index < -0.39 is 0 Å². The maximum absolute atomic E-state index is 12.5. The topological polar surface area (TPSA) is 52.3 Å². The summed E-state index contributed by atoms with van der Waals surface area (Å²) < 4.78 is 5.98. The predicted molar refractivity (Wildman–Crippen MR) is 69.8 cm³/mol. The van der Waals surface area contributed by atoms with Gasteiger partial charge in [-0.25, -0.2) is 0 Å². The van der Waals surface area contributed by atoms with Crippen LogP contribution >= 0.6 is 0 Å². The molecule has 0 spiro atoms. The van der Waals surface area contributed by atoms with Crippen molar-refractivity contribution >= 4 is 5.78 Å². The van der Waals surface area contributed by atoms with Gasteiger partial charge >= 0.3 is 0 Å². The van der Waals surface area contributed by atoms with E-state index in [-0.39, 0.29) is 23.0 Å². The molecule has 2 N–H and O–H groups in total. The van der Waals surface area contributed by atoms with Crippen LogP contribution in [0.1, 0.15) is 53.9 Å². The van der Waals surface area contributed by atoms with Gasteiger partial charge in [-0.2, -0.15) is 0 Å². The van der Waals surface area contributed by atoms with Gasteiger partial charge < -0.3 is 10.5 Å². The van der Waals surface area contributed by atoms with E-state index in [9.17, 15) is 4.79 Å². The van der Waals surface area contributed by atoms with E-state index in [1.165, 1.54) is 0 Å². The molecule has 1 heterocycles. The van der Waals surface area contributed by atoms with Gasteiger partial charge in [0.25, 0.3) is 0 Å². The van der Waals surface area contributed by atoms with Crippen LogP contribution < -0.4 is 5.73 Å². The number of hydrogen-bond donors (Lipinski definition) is 1. The summed E-state index contributed by atoms with van der Waals surface area (Å²) >= 11 is 0. The first-order chi connectivity index (χ1) is 7.73. The van der Waals surface area contributed by atoms with Gasteiger partial charge in [-0.1, -0.05) is 13.3 Å². The third kappa shape index (κ3) is 3.29. The molecule has 0 radical (unpaired) electrons. The van der Waals surface area contributed by atoms with Crippen LogP contribution in [0.15, 0.2) is 0 Å². The highest BCUT2D eigenvalue weighted by molar-refractivity contribution is 5.85. The van der Waals surface area contributed by atoms with Gasteiger partial charge in [0.05, 0.1) is 11.2 Å². The van der Waals surface area contributed by atoms with E-state index in [2.05, 4.69) is 20.8 Å². The minimum absolute atomic E-state index is 0.00164. The number of ether oxygens (including phenoxy) is 1. The first-order valence-electron chi connectivity index (χ1n) is 6.67. The first kappa shape index (κ1) is 14.7. The van der Waals surface area contributed by atoms with Crippen molar-refractivity contribution in [1.29, 1.82) is 0 Å². The van der Waals surface area contributed by atoms with E-state index in [1.807, 2.05) is 13.8 Å². The molecule has 17 heavy (non-hydrogen) atoms. The lowest BCUT2D eigenvalue weighted by Gasteiger charge is -2.28. The summed E-state index contributed by atoms with van der Waals surface area (Å²) in [5.74, 6) is 0.282. The molecule has 0 aromatic carbocycles. The summed E-state index contributed by atoms with van der Waals surface area (Å²) in [6.45, 7) is 10.7. The van der Waals surface area contributed by atoms with Crippen LogP contribution in [0.25, 0.3) is 0 Å². The summed E-state index contributed by atoms with van der Waals surface area (Å²) in [7, 11) is 0. The molecule has 1 aliphatic rings. The van der Waals surface area contributed by atoms with Crippen molar-refractivity contribution in [1.82, 2.24) is 0 Å². The molecule has 3 heteroatoms. The summed E-state index contributed by atoms with van der Waals surface area (Å²) in [4.78, 5) is 12.5. The maximum atomic E-state index is 12.5. The Morgan fingerprint density at radius 1 is 1.41 bits per heavy atom. The van der Waals surface area contributed by atoms with Crippen LogP contribution in [0, 0.1) is 11.8 Å². The van der Waals surface area contributed by atoms with Crippen molar-refractivity contribution in [2.45, 2.75) is 65.1 Å². The zero-order valence-electron chi connectivity index (χ0n) is 11.9. The summed E-state index contributed by atoms with van der Waals surface area (Å²) in [6.07, 6.45) is 2.70. The average molecular weight is 241 g/mol. The lowest BCUT2D eigenvalue weighted by molar-refractivity contribution is -0.133. The number of carbonyl (C=O) groups is 1. The summed E-state index contributed by atoms with van der Waals surface area (Å²) in [5.41, 5.74) is 5.16. The number of Topliss-reactive ketones (excluding diaryl/α,β-unsaturated/α-hetero) is 1. The van der Waals surface area contributed by atoms with Gasteiger partial charge in [-0.15, -0.1) is 0 Å². The third-order valence-electron chi connectivity index (χ3n) is 3.74. The second-order valence-corrected chi connectivity index (χ2v) is 6.35. The second kappa shape index (κ2) is 5.07. The van der Waals surface area contributed by atoms with E-state index >= 15 is 0 Å². The fourth-order valence-electron chi connectivity index (χ4n) is 3.01. The van der Waals surface area contributed by atoms with E-state index in [4.69, 9.17) is 10.5 Å². The van der Waals surface area contributed by atoms with Crippen LogP contribution in [0.4, 0.5) is 0 Å². The molecule has 1 aliphatic heterocycles. The molecule has 100 valence electrons. The largest absolute Gasteiger partial charge is 0.369 e. The molecule has 0 saturated carbocycles. The summed E-state index contributed by atoms with van der Waals surface area (Å²) in [6, 6.07) is 0. The Labute approximate surface area is 105 Å². The molecule has 0 aliphatic carbocycles. The SMILES string of the molecule is CCCC(CN)C(=O)C1CC(C)(C)OC1(C)C. The Bertz CT molecular complexity index is 284. The number of nitrogens with two attached hydrogens (primary N) is 1. The van der Waals surface area contributed by atoms with Crippen LogP contribution in [-0.2, 0) is 9.53 Å². The molecule has 2 unspecified atom stereocenters. The highest BCUT2D eigenvalue weighted by atomic mass is 16.5. The molecule has 1 saturated heterocycles. The smallest absolute Gasteiger partial charge is 0.143 e. The fraction of sp³-hybridized carbons (Fsp3) is 0.929. The third-order valence-corrected chi connectivity index (χ3v) is 3.74. The maximum Gasteiger partial charge on any atom is 0.143 e. The van der Waals surface area contributed by atoms with Crippen molar-refractivity contribution < 1.29 is 9.53 Å². The number of carbonyl (C=O) groups excluding carboxylic acids is 1. The van der Waals surface area contributed by atoms with Gasteiger partial charge in [0.15, 0.2) is 0 Å². The fourth-order valence-corrected chi connectivity index (χ4v) is 3.01. The quantitative estimate of drug-likeness (QED) is 0.804. The number of hydrogen-bond acceptors (Lipinski definition) is 3. The molecule has 1 rings (SSSR count). The van der Waals surface area contributed by atoms with Crippen LogP contribution in [0.2, 0.25) is 0 Å². The lowest BCUT2D eigenvalue weighted by Crippen LogP contribution is -2.39. The van der Waals surface area contributed by atoms with Gasteiger partial charge in [-0.05, 0) is 40.5 Å². The molecule has 0 aromatic heterocycles. The molecule has 0 bridgehead atoms. The van der Waals surface area contributed by atoms with Crippen molar-refractivity contribution in [3.63, 3.8) is 0 Å². The standard InChI is InChI=1S/C14H27NO2/c1-6-7-10(9-15)12(16)11-8-13(2,3)17-14(11,4)5/h10-11H,6-9,15H2,1-5H3. The van der Waals surface area contributed by atoms with Crippen LogP contribution in [-0.4, -0.2) is 23.5 Å². The minimum atomic E-state index is -0.359. The van der Waals surface area contributed by atoms with E-state index in [0.717, 1.165) is 19.3 Å². The zero-order chi connectivity index (χ0) is 13.3. The van der Waals surface area contributed by atoms with Crippen molar-refractivity contribution in [2.24, 2.45) is 17.6 Å². The predicted octanol–water partition coefficient (Wildman–Crippen LogP) is 2.52. The summed E-state index contributed by atoms with van der Waals surface area (Å²) in [5, 5.41) is 0. The van der Waals surface area contributed by atoms with Crippen molar-refractivity contribution in [3.8, 4) is 0 Å². The number of rotatable bonds is 5. The number of ketones is 1.